The van der Waals surface area contributed by atoms with Gasteiger partial charge in [0.25, 0.3) is 0 Å². The first-order chi connectivity index (χ1) is 15.7. The molecule has 162 valence electrons. The third-order valence-corrected chi connectivity index (χ3v) is 6.78. The number of fused-ring (bicyclic) bond motifs is 1. The summed E-state index contributed by atoms with van der Waals surface area (Å²) in [5, 5.41) is 4.62. The van der Waals surface area contributed by atoms with E-state index in [-0.39, 0.29) is 5.91 Å². The number of pyridine rings is 1. The Morgan fingerprint density at radius 3 is 2.69 bits per heavy atom. The van der Waals surface area contributed by atoms with Crippen molar-refractivity contribution >= 4 is 33.3 Å². The van der Waals surface area contributed by atoms with Crippen LogP contribution in [0, 0.1) is 6.92 Å². The Morgan fingerprint density at radius 1 is 1.09 bits per heavy atom. The second kappa shape index (κ2) is 9.04. The van der Waals surface area contributed by atoms with Crippen LogP contribution in [0.5, 0.6) is 0 Å². The average molecular weight is 444 g/mol. The molecule has 1 fully saturated rings. The van der Waals surface area contributed by atoms with Crippen LogP contribution in [0.15, 0.2) is 54.9 Å². The maximum absolute atomic E-state index is 11.9. The van der Waals surface area contributed by atoms with Crippen molar-refractivity contribution in [2.24, 2.45) is 0 Å². The van der Waals surface area contributed by atoms with E-state index in [4.69, 9.17) is 9.97 Å². The maximum atomic E-state index is 11.9. The normalized spacial score (nSPS) is 13.8. The van der Waals surface area contributed by atoms with Gasteiger partial charge in [0.1, 0.15) is 10.6 Å². The van der Waals surface area contributed by atoms with Crippen molar-refractivity contribution in [1.29, 1.82) is 0 Å². The molecule has 1 aliphatic heterocycles. The molecule has 0 unspecified atom stereocenters. The second-order valence-electron chi connectivity index (χ2n) is 7.98. The van der Waals surface area contributed by atoms with Crippen molar-refractivity contribution in [2.45, 2.75) is 26.2 Å². The minimum Gasteiger partial charge on any atom is -0.369 e. The molecule has 4 aromatic rings. The van der Waals surface area contributed by atoms with E-state index in [2.05, 4.69) is 41.5 Å². The summed E-state index contributed by atoms with van der Waals surface area (Å²) in [6.45, 7) is 4.54. The number of hydrogen-bond acceptors (Lipinski definition) is 6. The lowest BCUT2D eigenvalue weighted by Gasteiger charge is -2.16. The molecule has 0 bridgehead atoms. The standard InChI is InChI=1S/C25H25N5OS/c1-17-21(18-8-3-2-4-9-18)22-24(27-13-7-15-30-14-6-11-20(30)31)28-23(29-25(22)32-17)19-10-5-12-26-16-19/h2-5,8-10,12,16H,6-7,11,13-15H2,1H3,(H,27,28,29). The van der Waals surface area contributed by atoms with Crippen LogP contribution < -0.4 is 5.32 Å². The van der Waals surface area contributed by atoms with Gasteiger partial charge in [0, 0.05) is 54.5 Å². The van der Waals surface area contributed by atoms with Crippen LogP contribution in [-0.4, -0.2) is 45.4 Å². The van der Waals surface area contributed by atoms with Crippen LogP contribution in [0.2, 0.25) is 0 Å². The molecule has 1 saturated heterocycles. The van der Waals surface area contributed by atoms with Crippen molar-refractivity contribution in [3.8, 4) is 22.5 Å². The van der Waals surface area contributed by atoms with Crippen LogP contribution in [0.4, 0.5) is 5.82 Å². The molecule has 0 radical (unpaired) electrons. The first-order valence-corrected chi connectivity index (χ1v) is 11.8. The summed E-state index contributed by atoms with van der Waals surface area (Å²) in [5.74, 6) is 1.78. The zero-order valence-electron chi connectivity index (χ0n) is 18.0. The van der Waals surface area contributed by atoms with Gasteiger partial charge in [-0.25, -0.2) is 9.97 Å². The van der Waals surface area contributed by atoms with Gasteiger partial charge in [-0.15, -0.1) is 11.3 Å². The molecule has 6 nitrogen and oxygen atoms in total. The lowest BCUT2D eigenvalue weighted by Crippen LogP contribution is -2.27. The molecule has 1 aliphatic rings. The van der Waals surface area contributed by atoms with E-state index in [0.29, 0.717) is 12.2 Å². The van der Waals surface area contributed by atoms with Crippen molar-refractivity contribution < 1.29 is 4.79 Å². The number of hydrogen-bond donors (Lipinski definition) is 1. The Morgan fingerprint density at radius 2 is 1.94 bits per heavy atom. The van der Waals surface area contributed by atoms with Gasteiger partial charge >= 0.3 is 0 Å². The maximum Gasteiger partial charge on any atom is 0.222 e. The topological polar surface area (TPSA) is 71.0 Å². The smallest absolute Gasteiger partial charge is 0.222 e. The van der Waals surface area contributed by atoms with Crippen molar-refractivity contribution in [1.82, 2.24) is 19.9 Å². The van der Waals surface area contributed by atoms with E-state index in [1.807, 2.05) is 23.1 Å². The Labute approximate surface area is 191 Å². The number of nitrogens with one attached hydrogen (secondary N) is 1. The summed E-state index contributed by atoms with van der Waals surface area (Å²) in [6, 6.07) is 14.3. The minimum atomic E-state index is 0.271. The number of anilines is 1. The fourth-order valence-corrected chi connectivity index (χ4v) is 5.28. The van der Waals surface area contributed by atoms with Gasteiger partial charge in [0.05, 0.1) is 5.39 Å². The van der Waals surface area contributed by atoms with Gasteiger partial charge in [-0.2, -0.15) is 0 Å². The molecular formula is C25H25N5OS. The zero-order valence-corrected chi connectivity index (χ0v) is 18.9. The van der Waals surface area contributed by atoms with Gasteiger partial charge in [0.15, 0.2) is 5.82 Å². The van der Waals surface area contributed by atoms with Gasteiger partial charge in [-0.05, 0) is 37.5 Å². The van der Waals surface area contributed by atoms with Gasteiger partial charge in [0.2, 0.25) is 5.91 Å². The van der Waals surface area contributed by atoms with E-state index < -0.39 is 0 Å². The molecule has 0 saturated carbocycles. The Hall–Kier alpha value is -3.32. The number of aryl methyl sites for hydroxylation is 1. The number of rotatable bonds is 7. The monoisotopic (exact) mass is 443 g/mol. The highest BCUT2D eigenvalue weighted by Crippen LogP contribution is 2.41. The second-order valence-corrected chi connectivity index (χ2v) is 9.18. The summed E-state index contributed by atoms with van der Waals surface area (Å²) in [4.78, 5) is 30.1. The summed E-state index contributed by atoms with van der Waals surface area (Å²) in [6.07, 6.45) is 6.08. The third kappa shape index (κ3) is 4.08. The largest absolute Gasteiger partial charge is 0.369 e. The number of nitrogens with zero attached hydrogens (tertiary/aromatic N) is 4. The third-order valence-electron chi connectivity index (χ3n) is 5.78. The molecule has 0 spiro atoms. The van der Waals surface area contributed by atoms with Crippen molar-refractivity contribution in [3.05, 3.63) is 59.7 Å². The summed E-state index contributed by atoms with van der Waals surface area (Å²) < 4.78 is 0. The molecule has 7 heteroatoms. The molecule has 32 heavy (non-hydrogen) atoms. The van der Waals surface area contributed by atoms with Crippen LogP contribution >= 0.6 is 11.3 Å². The van der Waals surface area contributed by atoms with E-state index in [0.717, 1.165) is 54.1 Å². The zero-order chi connectivity index (χ0) is 21.9. The number of likely N-dealkylation sites (tertiary alicyclic amines) is 1. The lowest BCUT2D eigenvalue weighted by molar-refractivity contribution is -0.127. The first kappa shape index (κ1) is 20.6. The van der Waals surface area contributed by atoms with Crippen molar-refractivity contribution in [2.75, 3.05) is 25.0 Å². The molecule has 1 N–H and O–H groups in total. The molecule has 1 aromatic carbocycles. The number of thiophene rings is 1. The van der Waals surface area contributed by atoms with Crippen LogP contribution in [-0.2, 0) is 4.79 Å². The molecule has 0 atom stereocenters. The number of aromatic nitrogens is 3. The van der Waals surface area contributed by atoms with E-state index >= 15 is 0 Å². The Kier molecular flexibility index (Phi) is 5.81. The molecule has 4 heterocycles. The number of benzene rings is 1. The fraction of sp³-hybridized carbons (Fsp3) is 0.280. The molecule has 1 amide bonds. The molecule has 3 aromatic heterocycles. The van der Waals surface area contributed by atoms with Gasteiger partial charge in [-0.1, -0.05) is 30.3 Å². The van der Waals surface area contributed by atoms with Crippen LogP contribution in [0.3, 0.4) is 0 Å². The SMILES string of the molecule is Cc1sc2nc(-c3cccnc3)nc(NCCCN3CCCC3=O)c2c1-c1ccccc1. The molecule has 0 aliphatic carbocycles. The van der Waals surface area contributed by atoms with Crippen LogP contribution in [0.1, 0.15) is 24.1 Å². The average Bonchev–Trinajstić information content (AvgIpc) is 3.39. The number of carbonyl (C=O) groups is 1. The number of carbonyl (C=O) groups excluding carboxylic acids is 1. The summed E-state index contributed by atoms with van der Waals surface area (Å²) in [5.41, 5.74) is 3.24. The molecular weight excluding hydrogens is 418 g/mol. The summed E-state index contributed by atoms with van der Waals surface area (Å²) >= 11 is 1.69. The van der Waals surface area contributed by atoms with E-state index in [9.17, 15) is 4.79 Å². The van der Waals surface area contributed by atoms with E-state index in [1.54, 1.807) is 23.7 Å². The van der Waals surface area contributed by atoms with Crippen LogP contribution in [0.25, 0.3) is 32.7 Å². The van der Waals surface area contributed by atoms with Crippen molar-refractivity contribution in [3.63, 3.8) is 0 Å². The quantitative estimate of drug-likeness (QED) is 0.400. The minimum absolute atomic E-state index is 0.271. The highest BCUT2D eigenvalue weighted by Gasteiger charge is 2.21. The predicted molar refractivity (Wildman–Crippen MR) is 130 cm³/mol. The Bertz CT molecular complexity index is 1240. The van der Waals surface area contributed by atoms with E-state index in [1.165, 1.54) is 16.0 Å². The predicted octanol–water partition coefficient (Wildman–Crippen LogP) is 5.15. The van der Waals surface area contributed by atoms with Gasteiger partial charge < -0.3 is 10.2 Å². The fourth-order valence-electron chi connectivity index (χ4n) is 4.23. The number of amides is 1. The first-order valence-electron chi connectivity index (χ1n) is 11.0. The highest BCUT2D eigenvalue weighted by atomic mass is 32.1. The molecule has 5 rings (SSSR count). The highest BCUT2D eigenvalue weighted by molar-refractivity contribution is 7.19. The Balaban J connectivity index is 1.51. The lowest BCUT2D eigenvalue weighted by atomic mass is 10.0. The summed E-state index contributed by atoms with van der Waals surface area (Å²) in [7, 11) is 0. The van der Waals surface area contributed by atoms with Gasteiger partial charge in [-0.3, -0.25) is 9.78 Å².